The van der Waals surface area contributed by atoms with Gasteiger partial charge in [-0.1, -0.05) is 36.4 Å². The maximum Gasteiger partial charge on any atom is 0.354 e. The number of rotatable bonds is 18. The Kier molecular flexibility index (Phi) is 12.9. The molecule has 2 aromatic heterocycles. The van der Waals surface area contributed by atoms with Gasteiger partial charge in [-0.3, -0.25) is 9.36 Å². The lowest BCUT2D eigenvalue weighted by Crippen LogP contribution is -2.07. The number of carbonyl (C=O) groups excluding carboxylic acids is 1. The van der Waals surface area contributed by atoms with Gasteiger partial charge in [0, 0.05) is 17.6 Å². The van der Waals surface area contributed by atoms with E-state index < -0.39 is 7.60 Å². The van der Waals surface area contributed by atoms with Crippen molar-refractivity contribution in [3.05, 3.63) is 113 Å². The summed E-state index contributed by atoms with van der Waals surface area (Å²) in [7, 11) is -1.88. The number of hydrogen-bond donors (Lipinski definition) is 0. The van der Waals surface area contributed by atoms with Crippen molar-refractivity contribution in [1.29, 1.82) is 0 Å². The summed E-state index contributed by atoms with van der Waals surface area (Å²) in [6.45, 7) is 8.24. The van der Waals surface area contributed by atoms with Gasteiger partial charge in [-0.25, -0.2) is 9.67 Å². The standard InChI is InChI=1S/C38H42N3O9P/c1-6-45-36(42)23-28-13-12-14-30(21-28)37-39-33(27(4)50-37)26-46-34-18-17-29(22-35(34)44-5)25-47-38-31(19-20-51(43,48-7-2)49-8-3)24-41(40-38)32-15-10-9-11-16-32/h9-22,24H,6-8,23,25-26H2,1-5H3. The maximum atomic E-state index is 13.1. The molecule has 3 aromatic carbocycles. The summed E-state index contributed by atoms with van der Waals surface area (Å²) < 4.78 is 54.6. The summed E-state index contributed by atoms with van der Waals surface area (Å²) in [4.78, 5) is 16.6. The first-order chi connectivity index (χ1) is 24.7. The van der Waals surface area contributed by atoms with Crippen molar-refractivity contribution in [1.82, 2.24) is 14.8 Å². The third kappa shape index (κ3) is 9.97. The van der Waals surface area contributed by atoms with Crippen LogP contribution >= 0.6 is 7.60 Å². The van der Waals surface area contributed by atoms with Crippen molar-refractivity contribution < 1.29 is 41.8 Å². The monoisotopic (exact) mass is 715 g/mol. The third-order valence-corrected chi connectivity index (χ3v) is 9.22. The van der Waals surface area contributed by atoms with Crippen molar-refractivity contribution in [2.75, 3.05) is 26.9 Å². The van der Waals surface area contributed by atoms with Crippen LogP contribution in [0, 0.1) is 6.92 Å². The van der Waals surface area contributed by atoms with Gasteiger partial charge >= 0.3 is 13.6 Å². The Morgan fingerprint density at radius 3 is 2.39 bits per heavy atom. The minimum atomic E-state index is -3.45. The van der Waals surface area contributed by atoms with Gasteiger partial charge in [0.25, 0.3) is 0 Å². The topological polar surface area (TPSA) is 133 Å². The molecule has 268 valence electrons. The molecule has 0 amide bonds. The highest BCUT2D eigenvalue weighted by Gasteiger charge is 2.21. The van der Waals surface area contributed by atoms with Gasteiger partial charge in [-0.2, -0.15) is 0 Å². The first-order valence-corrected chi connectivity index (χ1v) is 18.2. The predicted molar refractivity (Wildman–Crippen MR) is 192 cm³/mol. The number of aryl methyl sites for hydroxylation is 1. The Morgan fingerprint density at radius 1 is 0.882 bits per heavy atom. The van der Waals surface area contributed by atoms with Gasteiger partial charge in [-0.05, 0) is 81.3 Å². The molecule has 0 spiro atoms. The van der Waals surface area contributed by atoms with Crippen molar-refractivity contribution >= 4 is 19.6 Å². The van der Waals surface area contributed by atoms with E-state index in [0.717, 1.165) is 22.4 Å². The van der Waals surface area contributed by atoms with E-state index in [4.69, 9.17) is 32.4 Å². The van der Waals surface area contributed by atoms with Crippen LogP contribution in [0.4, 0.5) is 0 Å². The number of aromatic nitrogens is 3. The summed E-state index contributed by atoms with van der Waals surface area (Å²) in [5, 5.41) is 4.65. The van der Waals surface area contributed by atoms with E-state index in [1.165, 1.54) is 5.82 Å². The molecule has 0 radical (unpaired) electrons. The number of methoxy groups -OCH3 is 1. The summed E-state index contributed by atoms with van der Waals surface area (Å²) in [6.07, 6.45) is 3.60. The zero-order valence-electron chi connectivity index (χ0n) is 29.4. The van der Waals surface area contributed by atoms with Crippen LogP contribution in [-0.4, -0.2) is 47.7 Å². The normalized spacial score (nSPS) is 11.5. The zero-order valence-corrected chi connectivity index (χ0v) is 30.3. The number of ether oxygens (including phenoxy) is 4. The van der Waals surface area contributed by atoms with E-state index in [2.05, 4.69) is 10.1 Å². The molecule has 5 aromatic rings. The molecule has 0 unspecified atom stereocenters. The smallest absolute Gasteiger partial charge is 0.354 e. The highest BCUT2D eigenvalue weighted by atomic mass is 31.2. The van der Waals surface area contributed by atoms with E-state index in [1.807, 2.05) is 73.7 Å². The molecule has 0 fully saturated rings. The fourth-order valence-corrected chi connectivity index (χ4v) is 6.37. The van der Waals surface area contributed by atoms with Gasteiger partial charge in [0.15, 0.2) is 11.5 Å². The Balaban J connectivity index is 1.28. The Bertz CT molecular complexity index is 1980. The van der Waals surface area contributed by atoms with Crippen LogP contribution < -0.4 is 14.2 Å². The van der Waals surface area contributed by atoms with E-state index in [0.29, 0.717) is 46.9 Å². The van der Waals surface area contributed by atoms with Gasteiger partial charge in [0.1, 0.15) is 24.7 Å². The highest BCUT2D eigenvalue weighted by Crippen LogP contribution is 2.50. The zero-order chi connectivity index (χ0) is 36.2. The lowest BCUT2D eigenvalue weighted by Gasteiger charge is -2.13. The summed E-state index contributed by atoms with van der Waals surface area (Å²) in [5.74, 6) is 3.54. The minimum Gasteiger partial charge on any atom is -0.493 e. The second kappa shape index (κ2) is 17.7. The van der Waals surface area contributed by atoms with Crippen LogP contribution in [0.5, 0.6) is 17.4 Å². The summed E-state index contributed by atoms with van der Waals surface area (Å²) >= 11 is 0. The number of para-hydroxylation sites is 1. The van der Waals surface area contributed by atoms with Crippen LogP contribution in [0.15, 0.2) is 89.2 Å². The van der Waals surface area contributed by atoms with Crippen LogP contribution in [0.3, 0.4) is 0 Å². The van der Waals surface area contributed by atoms with Gasteiger partial charge in [0.2, 0.25) is 11.8 Å². The molecule has 0 saturated carbocycles. The lowest BCUT2D eigenvalue weighted by atomic mass is 10.1. The maximum absolute atomic E-state index is 13.1. The number of esters is 1. The molecular formula is C38H42N3O9P. The van der Waals surface area contributed by atoms with E-state index in [1.54, 1.807) is 50.9 Å². The quantitative estimate of drug-likeness (QED) is 0.0640. The second-order valence-electron chi connectivity index (χ2n) is 11.1. The largest absolute Gasteiger partial charge is 0.493 e. The van der Waals surface area contributed by atoms with E-state index in [9.17, 15) is 9.36 Å². The van der Waals surface area contributed by atoms with Crippen molar-refractivity contribution in [3.8, 4) is 34.5 Å². The highest BCUT2D eigenvalue weighted by molar-refractivity contribution is 7.57. The number of hydrogen-bond acceptors (Lipinski definition) is 11. The van der Waals surface area contributed by atoms with Crippen LogP contribution in [0.2, 0.25) is 0 Å². The predicted octanol–water partition coefficient (Wildman–Crippen LogP) is 8.34. The van der Waals surface area contributed by atoms with Crippen LogP contribution in [0.1, 0.15) is 48.9 Å². The number of benzene rings is 3. The van der Waals surface area contributed by atoms with Crippen molar-refractivity contribution in [2.24, 2.45) is 0 Å². The molecule has 0 bridgehead atoms. The number of oxazole rings is 1. The first-order valence-electron chi connectivity index (χ1n) is 16.6. The molecule has 0 atom stereocenters. The number of nitrogens with zero attached hydrogens (tertiary/aromatic N) is 3. The van der Waals surface area contributed by atoms with Gasteiger partial charge in [0.05, 0.1) is 44.6 Å². The van der Waals surface area contributed by atoms with Crippen LogP contribution in [0.25, 0.3) is 23.2 Å². The molecule has 5 rings (SSSR count). The average molecular weight is 716 g/mol. The SMILES string of the molecule is CCOC(=O)Cc1cccc(-c2nc(COc3ccc(COc4nn(-c5ccccc5)cc4C=CP(=O)(OCC)OCC)cc3OC)c(C)o2)c1. The summed E-state index contributed by atoms with van der Waals surface area (Å²) in [5.41, 5.74) is 4.42. The van der Waals surface area contributed by atoms with Crippen molar-refractivity contribution in [3.63, 3.8) is 0 Å². The molecule has 0 N–H and O–H groups in total. The Labute approximate surface area is 297 Å². The van der Waals surface area contributed by atoms with Gasteiger partial charge < -0.3 is 32.4 Å². The Hall–Kier alpha value is -5.16. The Morgan fingerprint density at radius 2 is 1.67 bits per heavy atom. The summed E-state index contributed by atoms with van der Waals surface area (Å²) in [6, 6.07) is 22.6. The molecule has 13 heteroatoms. The van der Waals surface area contributed by atoms with E-state index >= 15 is 0 Å². The lowest BCUT2D eigenvalue weighted by molar-refractivity contribution is -0.142. The van der Waals surface area contributed by atoms with Gasteiger partial charge in [-0.15, -0.1) is 5.10 Å². The second-order valence-corrected chi connectivity index (χ2v) is 13.0. The average Bonchev–Trinajstić information content (AvgIpc) is 3.72. The third-order valence-electron chi connectivity index (χ3n) is 7.47. The molecule has 0 saturated heterocycles. The molecular weight excluding hydrogens is 673 g/mol. The molecule has 2 heterocycles. The fraction of sp³-hybridized carbons (Fsp3) is 0.289. The van der Waals surface area contributed by atoms with Crippen molar-refractivity contribution in [2.45, 2.75) is 47.3 Å². The van der Waals surface area contributed by atoms with E-state index in [-0.39, 0.29) is 38.8 Å². The molecule has 0 aliphatic heterocycles. The number of carbonyl (C=O) groups is 1. The van der Waals surface area contributed by atoms with Crippen LogP contribution in [-0.2, 0) is 42.8 Å². The first kappa shape index (κ1) is 37.1. The minimum absolute atomic E-state index is 0.143. The molecule has 0 aliphatic carbocycles. The molecule has 0 aliphatic rings. The fourth-order valence-electron chi connectivity index (χ4n) is 5.06. The molecule has 12 nitrogen and oxygen atoms in total. The molecule has 51 heavy (non-hydrogen) atoms.